The van der Waals surface area contributed by atoms with E-state index >= 15 is 0 Å². The normalized spacial score (nSPS) is 12.4. The van der Waals surface area contributed by atoms with Crippen LogP contribution in [0.4, 0.5) is 0 Å². The van der Waals surface area contributed by atoms with Gasteiger partial charge in [-0.25, -0.2) is 0 Å². The summed E-state index contributed by atoms with van der Waals surface area (Å²) < 4.78 is 1.08. The highest BCUT2D eigenvalue weighted by molar-refractivity contribution is 9.10. The third kappa shape index (κ3) is 3.16. The smallest absolute Gasteiger partial charge is 0.0675 e. The van der Waals surface area contributed by atoms with Gasteiger partial charge in [0.25, 0.3) is 0 Å². The number of nitrogens with one attached hydrogen (secondary N) is 1. The first-order chi connectivity index (χ1) is 8.70. The van der Waals surface area contributed by atoms with Crippen molar-refractivity contribution in [2.45, 2.75) is 19.4 Å². The largest absolute Gasteiger partial charge is 0.271 e. The fraction of sp³-hybridized carbons (Fsp3) is 0.214. The first kappa shape index (κ1) is 13.2. The van der Waals surface area contributed by atoms with Crippen molar-refractivity contribution in [1.29, 1.82) is 0 Å². The van der Waals surface area contributed by atoms with Gasteiger partial charge in [0.1, 0.15) is 0 Å². The molecule has 3 nitrogen and oxygen atoms in total. The maximum atomic E-state index is 5.65. The number of aromatic nitrogens is 1. The molecule has 0 amide bonds. The molecule has 94 valence electrons. The quantitative estimate of drug-likeness (QED) is 0.674. The molecule has 0 bridgehead atoms. The highest BCUT2D eigenvalue weighted by atomic mass is 79.9. The molecule has 0 aliphatic carbocycles. The van der Waals surface area contributed by atoms with Gasteiger partial charge >= 0.3 is 0 Å². The zero-order valence-corrected chi connectivity index (χ0v) is 11.8. The van der Waals surface area contributed by atoms with Crippen LogP contribution in [0.5, 0.6) is 0 Å². The average molecular weight is 306 g/mol. The van der Waals surface area contributed by atoms with E-state index in [0.717, 1.165) is 22.2 Å². The lowest BCUT2D eigenvalue weighted by atomic mass is 10.0. The van der Waals surface area contributed by atoms with Crippen molar-refractivity contribution in [2.75, 3.05) is 0 Å². The number of nitrogens with zero attached hydrogens (tertiary/aromatic N) is 1. The van der Waals surface area contributed by atoms with Crippen LogP contribution in [-0.2, 0) is 6.42 Å². The van der Waals surface area contributed by atoms with Crippen LogP contribution in [0.2, 0.25) is 0 Å². The third-order valence-corrected chi connectivity index (χ3v) is 3.46. The highest BCUT2D eigenvalue weighted by Crippen LogP contribution is 2.20. The predicted molar refractivity (Wildman–Crippen MR) is 76.9 cm³/mol. The number of rotatable bonds is 4. The van der Waals surface area contributed by atoms with Crippen molar-refractivity contribution in [1.82, 2.24) is 10.4 Å². The number of hydrogen-bond acceptors (Lipinski definition) is 3. The maximum Gasteiger partial charge on any atom is 0.0675 e. The van der Waals surface area contributed by atoms with Crippen LogP contribution < -0.4 is 11.3 Å². The summed E-state index contributed by atoms with van der Waals surface area (Å²) >= 11 is 3.43. The van der Waals surface area contributed by atoms with E-state index in [9.17, 15) is 0 Å². The van der Waals surface area contributed by atoms with Crippen LogP contribution in [0.15, 0.2) is 47.1 Å². The molecule has 0 saturated carbocycles. The van der Waals surface area contributed by atoms with Gasteiger partial charge in [0.05, 0.1) is 11.7 Å². The van der Waals surface area contributed by atoms with E-state index in [1.807, 2.05) is 31.2 Å². The molecule has 0 aliphatic rings. The molecule has 1 unspecified atom stereocenters. The standard InChI is InChI=1S/C14H16BrN3/c1-10-3-2-8-17-14(10)13(18-16)9-11-4-6-12(15)7-5-11/h2-8,13,18H,9,16H2,1H3. The van der Waals surface area contributed by atoms with Gasteiger partial charge in [0, 0.05) is 10.7 Å². The molecule has 0 saturated heterocycles. The Morgan fingerprint density at radius 1 is 1.28 bits per heavy atom. The van der Waals surface area contributed by atoms with Crippen molar-refractivity contribution in [3.8, 4) is 0 Å². The maximum absolute atomic E-state index is 5.65. The lowest BCUT2D eigenvalue weighted by Gasteiger charge is -2.17. The third-order valence-electron chi connectivity index (χ3n) is 2.93. The molecule has 0 fully saturated rings. The number of nitrogens with two attached hydrogens (primary N) is 1. The molecular formula is C14H16BrN3. The van der Waals surface area contributed by atoms with Crippen LogP contribution in [0, 0.1) is 6.92 Å². The van der Waals surface area contributed by atoms with Crippen LogP contribution >= 0.6 is 15.9 Å². The van der Waals surface area contributed by atoms with Gasteiger partial charge in [-0.2, -0.15) is 0 Å². The minimum Gasteiger partial charge on any atom is -0.271 e. The Morgan fingerprint density at radius 3 is 2.61 bits per heavy atom. The molecule has 4 heteroatoms. The number of aryl methyl sites for hydroxylation is 1. The second-order valence-corrected chi connectivity index (χ2v) is 5.17. The molecule has 3 N–H and O–H groups in total. The Morgan fingerprint density at radius 2 is 2.00 bits per heavy atom. The zero-order valence-electron chi connectivity index (χ0n) is 10.2. The van der Waals surface area contributed by atoms with E-state index in [1.54, 1.807) is 6.20 Å². The summed E-state index contributed by atoms with van der Waals surface area (Å²) in [6.07, 6.45) is 2.62. The summed E-state index contributed by atoms with van der Waals surface area (Å²) in [6.45, 7) is 2.05. The first-order valence-electron chi connectivity index (χ1n) is 5.83. The Kier molecular flexibility index (Phi) is 4.47. The minimum atomic E-state index is 0.0346. The predicted octanol–water partition coefficient (Wildman–Crippen LogP) is 2.90. The molecule has 18 heavy (non-hydrogen) atoms. The number of hydrazine groups is 1. The SMILES string of the molecule is Cc1cccnc1C(Cc1ccc(Br)cc1)NN. The minimum absolute atomic E-state index is 0.0346. The fourth-order valence-corrected chi connectivity index (χ4v) is 2.22. The Bertz CT molecular complexity index is 511. The second kappa shape index (κ2) is 6.09. The van der Waals surface area contributed by atoms with E-state index in [2.05, 4.69) is 38.5 Å². The molecule has 0 radical (unpaired) electrons. The lowest BCUT2D eigenvalue weighted by molar-refractivity contribution is 0.535. The number of hydrogen-bond donors (Lipinski definition) is 2. The average Bonchev–Trinajstić information content (AvgIpc) is 2.39. The molecule has 1 atom stereocenters. The number of halogens is 1. The van der Waals surface area contributed by atoms with Gasteiger partial charge in [-0.3, -0.25) is 16.3 Å². The number of benzene rings is 1. The molecule has 1 aromatic heterocycles. The van der Waals surface area contributed by atoms with Gasteiger partial charge in [-0.15, -0.1) is 0 Å². The summed E-state index contributed by atoms with van der Waals surface area (Å²) in [5, 5.41) is 0. The van der Waals surface area contributed by atoms with Crippen molar-refractivity contribution in [3.05, 3.63) is 63.9 Å². The fourth-order valence-electron chi connectivity index (χ4n) is 1.95. The zero-order chi connectivity index (χ0) is 13.0. The Balaban J connectivity index is 2.20. The van der Waals surface area contributed by atoms with E-state index in [0.29, 0.717) is 0 Å². The topological polar surface area (TPSA) is 50.9 Å². The molecule has 0 spiro atoms. The molecule has 1 heterocycles. The molecular weight excluding hydrogens is 290 g/mol. The number of pyridine rings is 1. The van der Waals surface area contributed by atoms with Gasteiger partial charge in [-0.05, 0) is 42.7 Å². The van der Waals surface area contributed by atoms with Crippen molar-refractivity contribution >= 4 is 15.9 Å². The first-order valence-corrected chi connectivity index (χ1v) is 6.62. The molecule has 1 aromatic carbocycles. The van der Waals surface area contributed by atoms with E-state index in [1.165, 1.54) is 5.56 Å². The summed E-state index contributed by atoms with van der Waals surface area (Å²) in [5.74, 6) is 5.65. The van der Waals surface area contributed by atoms with Crippen molar-refractivity contribution in [3.63, 3.8) is 0 Å². The summed E-state index contributed by atoms with van der Waals surface area (Å²) in [4.78, 5) is 4.41. The monoisotopic (exact) mass is 305 g/mol. The van der Waals surface area contributed by atoms with Crippen LogP contribution in [-0.4, -0.2) is 4.98 Å². The van der Waals surface area contributed by atoms with Crippen LogP contribution in [0.25, 0.3) is 0 Å². The lowest BCUT2D eigenvalue weighted by Crippen LogP contribution is -2.30. The van der Waals surface area contributed by atoms with Gasteiger partial charge in [0.2, 0.25) is 0 Å². The van der Waals surface area contributed by atoms with Crippen LogP contribution in [0.1, 0.15) is 22.9 Å². The van der Waals surface area contributed by atoms with E-state index in [4.69, 9.17) is 5.84 Å². The van der Waals surface area contributed by atoms with Gasteiger partial charge in [0.15, 0.2) is 0 Å². The summed E-state index contributed by atoms with van der Waals surface area (Å²) in [6, 6.07) is 12.3. The van der Waals surface area contributed by atoms with Crippen molar-refractivity contribution < 1.29 is 0 Å². The second-order valence-electron chi connectivity index (χ2n) is 4.26. The van der Waals surface area contributed by atoms with Gasteiger partial charge < -0.3 is 0 Å². The summed E-state index contributed by atoms with van der Waals surface area (Å²) in [7, 11) is 0. The summed E-state index contributed by atoms with van der Waals surface area (Å²) in [5.41, 5.74) is 6.23. The van der Waals surface area contributed by atoms with Crippen molar-refractivity contribution in [2.24, 2.45) is 5.84 Å². The van der Waals surface area contributed by atoms with E-state index in [-0.39, 0.29) is 6.04 Å². The molecule has 0 aliphatic heterocycles. The van der Waals surface area contributed by atoms with Gasteiger partial charge in [-0.1, -0.05) is 34.1 Å². The molecule has 2 aromatic rings. The molecule has 2 rings (SSSR count). The Hall–Kier alpha value is -1.23. The van der Waals surface area contributed by atoms with Crippen LogP contribution in [0.3, 0.4) is 0 Å². The Labute approximate surface area is 116 Å². The van der Waals surface area contributed by atoms with E-state index < -0.39 is 0 Å². The highest BCUT2D eigenvalue weighted by Gasteiger charge is 2.13.